The highest BCUT2D eigenvalue weighted by molar-refractivity contribution is 7.14. The molecular weight excluding hydrogens is 923 g/mol. The van der Waals surface area contributed by atoms with Gasteiger partial charge in [-0.05, 0) is 114 Å². The van der Waals surface area contributed by atoms with Gasteiger partial charge < -0.3 is 24.2 Å². The molecule has 11 nitrogen and oxygen atoms in total. The number of nitrogens with zero attached hydrogens (tertiary/aromatic N) is 7. The summed E-state index contributed by atoms with van der Waals surface area (Å²) in [7, 11) is 3.21. The Balaban J connectivity index is 1.39. The van der Waals surface area contributed by atoms with Crippen LogP contribution in [-0.4, -0.2) is 48.9 Å². The van der Waals surface area contributed by atoms with Gasteiger partial charge >= 0.3 is 0 Å². The SMILES string of the molecule is CCCCC(CC)CN1C(=O)C2=C(c3ccc(C(=C(C#N)C#N)C(=C(C#N)C#N)c4ccc(N(c5ccc(OC)cc5)c5ccc(OC)cc5)cc4)s3)N(CC(CC)CCCC)C(=O)C2=C1c1cccs1. The fourth-order valence-corrected chi connectivity index (χ4v) is 11.3. The fourth-order valence-electron chi connectivity index (χ4n) is 9.37. The van der Waals surface area contributed by atoms with Crippen molar-refractivity contribution in [3.05, 3.63) is 145 Å². The molecule has 2 unspecified atom stereocenters. The predicted molar refractivity (Wildman–Crippen MR) is 283 cm³/mol. The Hall–Kier alpha value is -7.68. The standard InChI is InChI=1S/C58H57N7O4S2/c1-7-11-14-38(9-3)36-63-55(49-16-13-31-70-49)53-54(58(63)67)56(64(57(53)66)37-39(10-4)15-12-8-2)50-30-29-48(71-50)52(42(34-61)35-62)51(41(32-59)33-60)40-17-19-43(20-18-40)65(44-21-25-46(68-5)26-22-44)45-23-27-47(69-6)28-24-45/h13,16-31,38-39H,7-12,14-15,36-37H2,1-6H3. The largest absolute Gasteiger partial charge is 0.497 e. The summed E-state index contributed by atoms with van der Waals surface area (Å²) in [4.78, 5) is 37.9. The lowest BCUT2D eigenvalue weighted by Crippen LogP contribution is -2.34. The molecule has 2 aliphatic rings. The summed E-state index contributed by atoms with van der Waals surface area (Å²) >= 11 is 2.73. The Labute approximate surface area is 425 Å². The number of methoxy groups -OCH3 is 2. The Morgan fingerprint density at radius 1 is 0.592 bits per heavy atom. The van der Waals surface area contributed by atoms with Gasteiger partial charge in [-0.1, -0.05) is 84.4 Å². The molecule has 0 aliphatic carbocycles. The van der Waals surface area contributed by atoms with Gasteiger partial charge in [-0.2, -0.15) is 21.0 Å². The van der Waals surface area contributed by atoms with Crippen LogP contribution in [0.5, 0.6) is 11.5 Å². The lowest BCUT2D eigenvalue weighted by atomic mass is 9.89. The van der Waals surface area contributed by atoms with Crippen LogP contribution in [0.15, 0.2) is 125 Å². The number of carbonyl (C=O) groups excluding carboxylic acids is 2. The molecule has 13 heteroatoms. The van der Waals surface area contributed by atoms with E-state index in [2.05, 4.69) is 39.8 Å². The molecule has 0 spiro atoms. The first kappa shape index (κ1) is 51.2. The van der Waals surface area contributed by atoms with Gasteiger partial charge in [0, 0.05) is 46.2 Å². The van der Waals surface area contributed by atoms with Crippen molar-refractivity contribution >= 4 is 74.1 Å². The Kier molecular flexibility index (Phi) is 17.1. The van der Waals surface area contributed by atoms with Gasteiger partial charge in [0.2, 0.25) is 0 Å². The van der Waals surface area contributed by atoms with Crippen LogP contribution in [0, 0.1) is 57.2 Å². The van der Waals surface area contributed by atoms with E-state index in [1.165, 1.54) is 22.7 Å². The van der Waals surface area contributed by atoms with Gasteiger partial charge in [0.25, 0.3) is 11.8 Å². The molecule has 2 aromatic heterocycles. The van der Waals surface area contributed by atoms with Crippen molar-refractivity contribution in [1.29, 1.82) is 21.0 Å². The van der Waals surface area contributed by atoms with Crippen LogP contribution in [0.2, 0.25) is 0 Å². The van der Waals surface area contributed by atoms with Crippen LogP contribution < -0.4 is 14.4 Å². The number of hydrogen-bond donors (Lipinski definition) is 0. The first-order valence-electron chi connectivity index (χ1n) is 24.2. The zero-order valence-corrected chi connectivity index (χ0v) is 42.8. The summed E-state index contributed by atoms with van der Waals surface area (Å²) in [6.07, 6.45) is 7.69. The molecule has 2 aliphatic heterocycles. The van der Waals surface area contributed by atoms with E-state index in [1.807, 2.05) is 106 Å². The second-order valence-corrected chi connectivity index (χ2v) is 19.5. The van der Waals surface area contributed by atoms with E-state index in [1.54, 1.807) is 37.3 Å². The van der Waals surface area contributed by atoms with Gasteiger partial charge in [-0.15, -0.1) is 22.7 Å². The smallest absolute Gasteiger partial charge is 0.261 e. The molecule has 0 bridgehead atoms. The second-order valence-electron chi connectivity index (χ2n) is 17.5. The highest BCUT2D eigenvalue weighted by atomic mass is 32.1. The highest BCUT2D eigenvalue weighted by Crippen LogP contribution is 2.51. The van der Waals surface area contributed by atoms with Crippen molar-refractivity contribution in [2.45, 2.75) is 79.1 Å². The number of unbranched alkanes of at least 4 members (excludes halogenated alkanes) is 2. The number of ether oxygens (including phenoxy) is 2. The van der Waals surface area contributed by atoms with Gasteiger partial charge in [-0.3, -0.25) is 9.59 Å². The highest BCUT2D eigenvalue weighted by Gasteiger charge is 2.50. The molecule has 3 aromatic carbocycles. The van der Waals surface area contributed by atoms with E-state index in [4.69, 9.17) is 9.47 Å². The number of rotatable bonds is 22. The van der Waals surface area contributed by atoms with Crippen molar-refractivity contribution in [1.82, 2.24) is 9.80 Å². The summed E-state index contributed by atoms with van der Waals surface area (Å²) < 4.78 is 10.9. The second kappa shape index (κ2) is 23.8. The van der Waals surface area contributed by atoms with Crippen LogP contribution in [0.3, 0.4) is 0 Å². The summed E-state index contributed by atoms with van der Waals surface area (Å²) in [5, 5.41) is 44.3. The van der Waals surface area contributed by atoms with Crippen LogP contribution in [0.25, 0.3) is 22.5 Å². The number of benzene rings is 3. The molecule has 4 heterocycles. The van der Waals surface area contributed by atoms with Crippen molar-refractivity contribution in [2.75, 3.05) is 32.2 Å². The fraction of sp³-hybridized carbons (Fsp3) is 0.310. The summed E-state index contributed by atoms with van der Waals surface area (Å²) in [6, 6.07) is 38.1. The lowest BCUT2D eigenvalue weighted by Gasteiger charge is -2.29. The van der Waals surface area contributed by atoms with E-state index in [9.17, 15) is 21.0 Å². The number of anilines is 3. The van der Waals surface area contributed by atoms with Crippen LogP contribution in [-0.2, 0) is 9.59 Å². The molecule has 7 rings (SSSR count). The molecule has 0 radical (unpaired) electrons. The van der Waals surface area contributed by atoms with E-state index in [-0.39, 0.29) is 45.9 Å². The third-order valence-corrected chi connectivity index (χ3v) is 15.2. The quantitative estimate of drug-likeness (QED) is 0.0486. The zero-order valence-electron chi connectivity index (χ0n) is 41.1. The third kappa shape index (κ3) is 10.6. The molecule has 0 saturated heterocycles. The maximum atomic E-state index is 15.2. The molecule has 0 saturated carbocycles. The van der Waals surface area contributed by atoms with E-state index >= 15 is 9.59 Å². The van der Waals surface area contributed by atoms with E-state index in [0.717, 1.165) is 73.3 Å². The Bertz CT molecular complexity index is 2960. The predicted octanol–water partition coefficient (Wildman–Crippen LogP) is 13.8. The molecule has 5 aromatic rings. The molecule has 360 valence electrons. The Morgan fingerprint density at radius 3 is 1.45 bits per heavy atom. The van der Waals surface area contributed by atoms with Crippen LogP contribution in [0.4, 0.5) is 17.1 Å². The Morgan fingerprint density at radius 2 is 1.04 bits per heavy atom. The van der Waals surface area contributed by atoms with Crippen molar-refractivity contribution < 1.29 is 19.1 Å². The minimum Gasteiger partial charge on any atom is -0.497 e. The third-order valence-electron chi connectivity index (χ3n) is 13.3. The van der Waals surface area contributed by atoms with Crippen LogP contribution >= 0.6 is 22.7 Å². The minimum absolute atomic E-state index is 0.103. The maximum Gasteiger partial charge on any atom is 0.261 e. The summed E-state index contributed by atoms with van der Waals surface area (Å²) in [5.74, 6) is 1.34. The van der Waals surface area contributed by atoms with Gasteiger partial charge in [0.15, 0.2) is 0 Å². The topological polar surface area (TPSA) is 157 Å². The monoisotopic (exact) mass is 979 g/mol. The maximum absolute atomic E-state index is 15.2. The zero-order chi connectivity index (χ0) is 50.6. The average molecular weight is 980 g/mol. The number of fused-ring (bicyclic) bond motifs is 1. The van der Waals surface area contributed by atoms with Gasteiger partial charge in [0.05, 0.1) is 46.5 Å². The van der Waals surface area contributed by atoms with Gasteiger partial charge in [-0.25, -0.2) is 0 Å². The van der Waals surface area contributed by atoms with E-state index < -0.39 is 0 Å². The summed E-state index contributed by atoms with van der Waals surface area (Å²) in [5.41, 5.74) is 4.34. The lowest BCUT2D eigenvalue weighted by molar-refractivity contribution is -0.124. The van der Waals surface area contributed by atoms with Gasteiger partial charge in [0.1, 0.15) is 46.9 Å². The molecule has 0 N–H and O–H groups in total. The van der Waals surface area contributed by atoms with Crippen LogP contribution in [0.1, 0.15) is 99.3 Å². The number of allylic oxidation sites excluding steroid dienone is 4. The molecular formula is C58H57N7O4S2. The summed E-state index contributed by atoms with van der Waals surface area (Å²) in [6.45, 7) is 9.48. The number of thiophene rings is 2. The number of nitriles is 4. The average Bonchev–Trinajstić information content (AvgIpc) is 4.22. The first-order chi connectivity index (χ1) is 34.6. The normalized spacial score (nSPS) is 13.8. The molecule has 2 atom stereocenters. The van der Waals surface area contributed by atoms with Crippen molar-refractivity contribution in [2.24, 2.45) is 11.8 Å². The molecule has 2 amide bonds. The number of hydrogen-bond acceptors (Lipinski definition) is 11. The van der Waals surface area contributed by atoms with Crippen molar-refractivity contribution in [3.8, 4) is 35.8 Å². The minimum atomic E-state index is -0.303. The van der Waals surface area contributed by atoms with E-state index in [0.29, 0.717) is 62.4 Å². The number of amides is 2. The number of carbonyl (C=O) groups is 2. The molecule has 71 heavy (non-hydrogen) atoms. The molecule has 0 fully saturated rings. The first-order valence-corrected chi connectivity index (χ1v) is 25.9. The van der Waals surface area contributed by atoms with Crippen molar-refractivity contribution in [3.63, 3.8) is 0 Å².